The molecule has 0 fully saturated rings. The minimum atomic E-state index is -3.90. The highest BCUT2D eigenvalue weighted by atomic mass is 32.2. The number of nitrogens with one attached hydrogen (secondary N) is 2. The maximum atomic E-state index is 14.2. The van der Waals surface area contributed by atoms with Crippen molar-refractivity contribution < 1.29 is 32.6 Å². The zero-order chi connectivity index (χ0) is 32.4. The number of hydrogen-bond acceptors (Lipinski definition) is 7. The lowest BCUT2D eigenvalue weighted by molar-refractivity contribution is -0.0122. The first-order chi connectivity index (χ1) is 20.8. The molecule has 4 atom stereocenters. The Morgan fingerprint density at radius 1 is 1.11 bits per heavy atom. The number of amides is 3. The van der Waals surface area contributed by atoms with Crippen LogP contribution < -0.4 is 14.8 Å². The van der Waals surface area contributed by atoms with Gasteiger partial charge in [0.05, 0.1) is 35.3 Å². The van der Waals surface area contributed by atoms with Crippen molar-refractivity contribution in [1.29, 1.82) is 0 Å². The fourth-order valence-corrected chi connectivity index (χ4v) is 6.04. The van der Waals surface area contributed by atoms with E-state index in [1.165, 1.54) is 18.2 Å². The molecule has 0 aromatic heterocycles. The van der Waals surface area contributed by atoms with Gasteiger partial charge in [0.25, 0.3) is 15.9 Å². The van der Waals surface area contributed by atoms with Gasteiger partial charge in [-0.05, 0) is 77.3 Å². The first-order valence-corrected chi connectivity index (χ1v) is 16.7. The van der Waals surface area contributed by atoms with E-state index in [0.717, 1.165) is 12.8 Å². The molecule has 44 heavy (non-hydrogen) atoms. The highest BCUT2D eigenvalue weighted by Gasteiger charge is 2.31. The van der Waals surface area contributed by atoms with E-state index in [1.54, 1.807) is 54.1 Å². The Hall–Kier alpha value is -3.35. The number of hydrogen-bond donors (Lipinski definition) is 3. The van der Waals surface area contributed by atoms with Gasteiger partial charge in [-0.1, -0.05) is 25.1 Å². The van der Waals surface area contributed by atoms with E-state index < -0.39 is 22.0 Å². The monoisotopic (exact) mass is 632 g/mol. The van der Waals surface area contributed by atoms with Crippen LogP contribution in [0.2, 0.25) is 0 Å². The largest absolute Gasteiger partial charge is 0.490 e. The van der Waals surface area contributed by atoms with Crippen LogP contribution in [0.1, 0.15) is 64.2 Å². The van der Waals surface area contributed by atoms with Gasteiger partial charge < -0.3 is 29.7 Å². The van der Waals surface area contributed by atoms with Crippen molar-refractivity contribution in [2.45, 2.75) is 83.1 Å². The van der Waals surface area contributed by atoms with Crippen molar-refractivity contribution in [3.8, 4) is 5.75 Å². The van der Waals surface area contributed by atoms with Gasteiger partial charge in [-0.15, -0.1) is 0 Å². The molecule has 1 aliphatic heterocycles. The van der Waals surface area contributed by atoms with Crippen LogP contribution in [0.5, 0.6) is 5.75 Å². The Morgan fingerprint density at radius 3 is 2.48 bits per heavy atom. The SMILES string of the molecule is CC(C)NC(=O)N(C)C[C@H]1OCCCC[C@@H](C)Oc2ccc(NS(=O)(=O)c3ccccc3)cc2C(=O)N([C@H](C)CO)C[C@@H]1C. The van der Waals surface area contributed by atoms with Crippen molar-refractivity contribution in [1.82, 2.24) is 15.1 Å². The lowest BCUT2D eigenvalue weighted by Gasteiger charge is -2.36. The van der Waals surface area contributed by atoms with Gasteiger partial charge in [0, 0.05) is 44.4 Å². The number of rotatable bonds is 8. The van der Waals surface area contributed by atoms with Crippen molar-refractivity contribution in [2.75, 3.05) is 38.1 Å². The number of carbonyl (C=O) groups is 2. The number of sulfonamides is 1. The summed E-state index contributed by atoms with van der Waals surface area (Å²) in [5.41, 5.74) is 0.391. The second-order valence-corrected chi connectivity index (χ2v) is 13.6. The van der Waals surface area contributed by atoms with E-state index in [4.69, 9.17) is 9.47 Å². The van der Waals surface area contributed by atoms with Crippen LogP contribution in [0.15, 0.2) is 53.4 Å². The fraction of sp³-hybridized carbons (Fsp3) is 0.562. The van der Waals surface area contributed by atoms with Crippen molar-refractivity contribution in [3.63, 3.8) is 0 Å². The summed E-state index contributed by atoms with van der Waals surface area (Å²) in [7, 11) is -2.19. The number of carbonyl (C=O) groups excluding carboxylic acids is 2. The Morgan fingerprint density at radius 2 is 1.82 bits per heavy atom. The Bertz CT molecular complexity index is 1340. The standard InChI is InChI=1S/C32H48N4O7S/c1-22(2)33-32(39)35(6)20-30-23(3)19-36(24(4)21-37)31(38)28-18-26(34-44(40,41)27-13-8-7-9-14-27)15-16-29(28)43-25(5)12-10-11-17-42-30/h7-9,13-16,18,22-25,30,34,37H,10-12,17,19-21H2,1-6H3,(H,33,39)/t23-,24+,25+,30+/m0/s1. The molecule has 3 amide bonds. The molecule has 0 aliphatic carbocycles. The fourth-order valence-electron chi connectivity index (χ4n) is 4.97. The third-order valence-electron chi connectivity index (χ3n) is 7.57. The molecule has 0 saturated carbocycles. The number of aliphatic hydroxyl groups is 1. The number of urea groups is 1. The van der Waals surface area contributed by atoms with Crippen molar-refractivity contribution in [2.24, 2.45) is 5.92 Å². The first-order valence-electron chi connectivity index (χ1n) is 15.3. The van der Waals surface area contributed by atoms with Crippen LogP contribution in [0.4, 0.5) is 10.5 Å². The number of fused-ring (bicyclic) bond motifs is 1. The van der Waals surface area contributed by atoms with Gasteiger partial charge in [-0.2, -0.15) is 0 Å². The molecule has 0 radical (unpaired) electrons. The topological polar surface area (TPSA) is 138 Å². The van der Waals surface area contributed by atoms with Crippen LogP contribution in [-0.2, 0) is 14.8 Å². The molecule has 0 bridgehead atoms. The Kier molecular flexibility index (Phi) is 12.9. The van der Waals surface area contributed by atoms with E-state index >= 15 is 0 Å². The average Bonchev–Trinajstić information content (AvgIpc) is 2.98. The number of aliphatic hydroxyl groups excluding tert-OH is 1. The molecule has 244 valence electrons. The number of ether oxygens (including phenoxy) is 2. The summed E-state index contributed by atoms with van der Waals surface area (Å²) in [6, 6.07) is 11.9. The third kappa shape index (κ3) is 9.83. The molecular weight excluding hydrogens is 584 g/mol. The molecule has 0 unspecified atom stereocenters. The molecule has 2 aromatic rings. The number of likely N-dealkylation sites (N-methyl/N-ethyl adjacent to an activating group) is 1. The van der Waals surface area contributed by atoms with E-state index in [2.05, 4.69) is 10.0 Å². The van der Waals surface area contributed by atoms with Gasteiger partial charge in [0.15, 0.2) is 0 Å². The molecule has 2 aromatic carbocycles. The number of nitrogens with zero attached hydrogens (tertiary/aromatic N) is 2. The molecular formula is C32H48N4O7S. The van der Waals surface area contributed by atoms with Gasteiger partial charge >= 0.3 is 6.03 Å². The zero-order valence-electron chi connectivity index (χ0n) is 26.7. The lowest BCUT2D eigenvalue weighted by atomic mass is 10.0. The number of anilines is 1. The van der Waals surface area contributed by atoms with Crippen LogP contribution in [0.3, 0.4) is 0 Å². The summed E-state index contributed by atoms with van der Waals surface area (Å²) >= 11 is 0. The van der Waals surface area contributed by atoms with Crippen LogP contribution in [0.25, 0.3) is 0 Å². The summed E-state index contributed by atoms with van der Waals surface area (Å²) in [4.78, 5) is 30.1. The van der Waals surface area contributed by atoms with E-state index in [1.807, 2.05) is 27.7 Å². The van der Waals surface area contributed by atoms with Gasteiger partial charge in [0.2, 0.25) is 0 Å². The minimum absolute atomic E-state index is 0.0165. The molecule has 3 rings (SSSR count). The third-order valence-corrected chi connectivity index (χ3v) is 8.97. The zero-order valence-corrected chi connectivity index (χ0v) is 27.5. The maximum Gasteiger partial charge on any atom is 0.317 e. The van der Waals surface area contributed by atoms with Gasteiger partial charge in [-0.3, -0.25) is 9.52 Å². The molecule has 1 aliphatic rings. The van der Waals surface area contributed by atoms with E-state index in [-0.39, 0.29) is 59.5 Å². The molecule has 0 spiro atoms. The smallest absolute Gasteiger partial charge is 0.317 e. The summed E-state index contributed by atoms with van der Waals surface area (Å²) in [5, 5.41) is 13.0. The maximum absolute atomic E-state index is 14.2. The van der Waals surface area contributed by atoms with Crippen LogP contribution >= 0.6 is 0 Å². The highest BCUT2D eigenvalue weighted by molar-refractivity contribution is 7.92. The summed E-state index contributed by atoms with van der Waals surface area (Å²) in [6.07, 6.45) is 1.74. The van der Waals surface area contributed by atoms with Crippen molar-refractivity contribution in [3.05, 3.63) is 54.1 Å². The number of benzene rings is 2. The second-order valence-electron chi connectivity index (χ2n) is 11.9. The van der Waals surface area contributed by atoms with Crippen LogP contribution in [0, 0.1) is 5.92 Å². The summed E-state index contributed by atoms with van der Waals surface area (Å²) in [6.45, 7) is 10.2. The molecule has 11 nitrogen and oxygen atoms in total. The minimum Gasteiger partial charge on any atom is -0.490 e. The van der Waals surface area contributed by atoms with E-state index in [0.29, 0.717) is 25.3 Å². The van der Waals surface area contributed by atoms with Gasteiger partial charge in [0.1, 0.15) is 5.75 Å². The second kappa shape index (κ2) is 16.1. The average molecular weight is 633 g/mol. The van der Waals surface area contributed by atoms with Gasteiger partial charge in [-0.25, -0.2) is 13.2 Å². The molecule has 1 heterocycles. The highest BCUT2D eigenvalue weighted by Crippen LogP contribution is 2.29. The lowest BCUT2D eigenvalue weighted by Crippen LogP contribution is -2.49. The summed E-state index contributed by atoms with van der Waals surface area (Å²) in [5.74, 6) is -0.292. The first kappa shape index (κ1) is 35.1. The molecule has 3 N–H and O–H groups in total. The van der Waals surface area contributed by atoms with Crippen molar-refractivity contribution >= 4 is 27.6 Å². The van der Waals surface area contributed by atoms with Crippen LogP contribution in [-0.4, -0.2) is 92.9 Å². The Balaban J connectivity index is 1.98. The van der Waals surface area contributed by atoms with E-state index in [9.17, 15) is 23.1 Å². The quantitative estimate of drug-likeness (QED) is 0.394. The summed E-state index contributed by atoms with van der Waals surface area (Å²) < 4.78 is 41.2. The predicted octanol–water partition coefficient (Wildman–Crippen LogP) is 4.33. The molecule has 0 saturated heterocycles. The predicted molar refractivity (Wildman–Crippen MR) is 170 cm³/mol. The normalized spacial score (nSPS) is 21.0. The Labute approximate surface area is 262 Å². The molecule has 12 heteroatoms.